The van der Waals surface area contributed by atoms with Gasteiger partial charge in [-0.1, -0.05) is 30.3 Å². The van der Waals surface area contributed by atoms with Crippen LogP contribution in [0.2, 0.25) is 0 Å². The molecule has 2 heterocycles. The topological polar surface area (TPSA) is 49.2 Å². The van der Waals surface area contributed by atoms with E-state index in [4.69, 9.17) is 0 Å². The van der Waals surface area contributed by atoms with E-state index in [0.29, 0.717) is 0 Å². The first-order valence-electron chi connectivity index (χ1n) is 9.31. The molecule has 1 fully saturated rings. The average molecular weight is 339 g/mol. The second kappa shape index (κ2) is 7.96. The monoisotopic (exact) mass is 339 g/mol. The number of hydrogen-bond acceptors (Lipinski definition) is 4. The van der Waals surface area contributed by atoms with Crippen LogP contribution in [0.25, 0.3) is 0 Å². The standard InChI is InChI=1S/C21H29N3O/c1-17-18(2)22-16-23-20(17)24-13-7-12-21(14-24,15-25)11-6-10-19-8-4-3-5-9-19/h3-5,8-9,16,25H,6-7,10-15H2,1-2H3. The number of aliphatic hydroxyl groups excluding tert-OH is 1. The van der Waals surface area contributed by atoms with E-state index in [1.54, 1.807) is 6.33 Å². The minimum atomic E-state index is -0.0156. The summed E-state index contributed by atoms with van der Waals surface area (Å²) in [6.45, 7) is 6.27. The lowest BCUT2D eigenvalue weighted by Gasteiger charge is -2.43. The van der Waals surface area contributed by atoms with Crippen molar-refractivity contribution in [3.63, 3.8) is 0 Å². The first-order valence-corrected chi connectivity index (χ1v) is 9.31. The van der Waals surface area contributed by atoms with Crippen LogP contribution in [0.3, 0.4) is 0 Å². The Morgan fingerprint density at radius 3 is 2.72 bits per heavy atom. The van der Waals surface area contributed by atoms with Crippen molar-refractivity contribution >= 4 is 5.82 Å². The molecule has 1 aliphatic rings. The van der Waals surface area contributed by atoms with Gasteiger partial charge < -0.3 is 10.0 Å². The maximum absolute atomic E-state index is 10.2. The number of nitrogens with zero attached hydrogens (tertiary/aromatic N) is 3. The van der Waals surface area contributed by atoms with Gasteiger partial charge in [0.2, 0.25) is 0 Å². The van der Waals surface area contributed by atoms with Gasteiger partial charge in [-0.3, -0.25) is 0 Å². The Labute approximate surface area is 150 Å². The van der Waals surface area contributed by atoms with Crippen molar-refractivity contribution in [2.75, 3.05) is 24.6 Å². The molecule has 0 amide bonds. The average Bonchev–Trinajstić information content (AvgIpc) is 2.65. The van der Waals surface area contributed by atoms with Gasteiger partial charge in [0, 0.05) is 29.8 Å². The zero-order valence-electron chi connectivity index (χ0n) is 15.4. The highest BCUT2D eigenvalue weighted by Gasteiger charge is 2.35. The molecule has 3 rings (SSSR count). The maximum Gasteiger partial charge on any atom is 0.135 e. The third-order valence-corrected chi connectivity index (χ3v) is 5.62. The molecule has 1 aromatic heterocycles. The summed E-state index contributed by atoms with van der Waals surface area (Å²) < 4.78 is 0. The highest BCUT2D eigenvalue weighted by Crippen LogP contribution is 2.37. The fourth-order valence-corrected chi connectivity index (χ4v) is 3.96. The molecule has 1 atom stereocenters. The molecule has 0 saturated carbocycles. The summed E-state index contributed by atoms with van der Waals surface area (Å²) in [5, 5.41) is 10.2. The van der Waals surface area contributed by atoms with Gasteiger partial charge in [-0.05, 0) is 51.5 Å². The molecule has 1 unspecified atom stereocenters. The molecule has 4 nitrogen and oxygen atoms in total. The number of aliphatic hydroxyl groups is 1. The maximum atomic E-state index is 10.2. The Kier molecular flexibility index (Phi) is 5.69. The first-order chi connectivity index (χ1) is 12.1. The van der Waals surface area contributed by atoms with Crippen molar-refractivity contribution in [3.8, 4) is 0 Å². The molecule has 0 bridgehead atoms. The van der Waals surface area contributed by atoms with Crippen LogP contribution in [-0.2, 0) is 6.42 Å². The number of piperidine rings is 1. The highest BCUT2D eigenvalue weighted by molar-refractivity contribution is 5.48. The second-order valence-electron chi connectivity index (χ2n) is 7.43. The van der Waals surface area contributed by atoms with Crippen molar-refractivity contribution in [1.82, 2.24) is 9.97 Å². The Bertz CT molecular complexity index is 689. The van der Waals surface area contributed by atoms with Crippen LogP contribution in [0, 0.1) is 19.3 Å². The third kappa shape index (κ3) is 4.18. The lowest BCUT2D eigenvalue weighted by Crippen LogP contribution is -2.46. The zero-order chi connectivity index (χ0) is 17.7. The number of aryl methyl sites for hydroxylation is 2. The predicted octanol–water partition coefficient (Wildman–Crippen LogP) is 3.70. The van der Waals surface area contributed by atoms with Crippen LogP contribution in [0.4, 0.5) is 5.82 Å². The molecule has 0 radical (unpaired) electrons. The van der Waals surface area contributed by atoms with Crippen LogP contribution in [0.15, 0.2) is 36.7 Å². The van der Waals surface area contributed by atoms with Crippen molar-refractivity contribution in [1.29, 1.82) is 0 Å². The molecule has 1 N–H and O–H groups in total. The smallest absolute Gasteiger partial charge is 0.135 e. The van der Waals surface area contributed by atoms with Gasteiger partial charge in [0.25, 0.3) is 0 Å². The number of rotatable bonds is 6. The van der Waals surface area contributed by atoms with E-state index in [-0.39, 0.29) is 12.0 Å². The van der Waals surface area contributed by atoms with Crippen molar-refractivity contribution < 1.29 is 5.11 Å². The van der Waals surface area contributed by atoms with E-state index < -0.39 is 0 Å². The SMILES string of the molecule is Cc1ncnc(N2CCCC(CO)(CCCc3ccccc3)C2)c1C. The fourth-order valence-electron chi connectivity index (χ4n) is 3.96. The molecular weight excluding hydrogens is 310 g/mol. The van der Waals surface area contributed by atoms with E-state index in [1.807, 2.05) is 6.92 Å². The van der Waals surface area contributed by atoms with Gasteiger partial charge in [0.05, 0.1) is 6.61 Å². The lowest BCUT2D eigenvalue weighted by atomic mass is 9.76. The first kappa shape index (κ1) is 17.9. The molecule has 2 aromatic rings. The van der Waals surface area contributed by atoms with Crippen molar-refractivity contribution in [2.24, 2.45) is 5.41 Å². The number of aromatic nitrogens is 2. The molecule has 1 aromatic carbocycles. The predicted molar refractivity (Wildman–Crippen MR) is 102 cm³/mol. The largest absolute Gasteiger partial charge is 0.396 e. The van der Waals surface area contributed by atoms with Crippen LogP contribution >= 0.6 is 0 Å². The Morgan fingerprint density at radius 2 is 1.96 bits per heavy atom. The van der Waals surface area contributed by atoms with Gasteiger partial charge in [-0.15, -0.1) is 0 Å². The Balaban J connectivity index is 1.67. The Morgan fingerprint density at radius 1 is 1.16 bits per heavy atom. The number of hydrogen-bond donors (Lipinski definition) is 1. The highest BCUT2D eigenvalue weighted by atomic mass is 16.3. The van der Waals surface area contributed by atoms with Crippen LogP contribution in [0.1, 0.15) is 42.5 Å². The zero-order valence-corrected chi connectivity index (χ0v) is 15.4. The molecule has 134 valence electrons. The molecule has 0 aliphatic carbocycles. The van der Waals surface area contributed by atoms with Gasteiger partial charge in [0.1, 0.15) is 12.1 Å². The number of benzene rings is 1. The van der Waals surface area contributed by atoms with Crippen molar-refractivity contribution in [2.45, 2.75) is 46.0 Å². The van der Waals surface area contributed by atoms with E-state index in [9.17, 15) is 5.11 Å². The van der Waals surface area contributed by atoms with Gasteiger partial charge >= 0.3 is 0 Å². The van der Waals surface area contributed by atoms with Crippen LogP contribution in [0.5, 0.6) is 0 Å². The van der Waals surface area contributed by atoms with E-state index in [0.717, 1.165) is 62.3 Å². The van der Waals surface area contributed by atoms with Gasteiger partial charge in [-0.25, -0.2) is 9.97 Å². The summed E-state index contributed by atoms with van der Waals surface area (Å²) in [7, 11) is 0. The van der Waals surface area contributed by atoms with E-state index in [1.165, 1.54) is 5.56 Å². The Hall–Kier alpha value is -1.94. The quantitative estimate of drug-likeness (QED) is 0.872. The molecule has 25 heavy (non-hydrogen) atoms. The second-order valence-corrected chi connectivity index (χ2v) is 7.43. The van der Waals surface area contributed by atoms with Crippen LogP contribution < -0.4 is 4.90 Å². The summed E-state index contributed by atoms with van der Waals surface area (Å²) in [5.41, 5.74) is 3.55. The molecular formula is C21H29N3O. The summed E-state index contributed by atoms with van der Waals surface area (Å²) in [4.78, 5) is 11.2. The normalized spacial score (nSPS) is 20.7. The van der Waals surface area contributed by atoms with Gasteiger partial charge in [-0.2, -0.15) is 0 Å². The summed E-state index contributed by atoms with van der Waals surface area (Å²) >= 11 is 0. The number of anilines is 1. The molecule has 0 spiro atoms. The lowest BCUT2D eigenvalue weighted by molar-refractivity contribution is 0.0938. The minimum Gasteiger partial charge on any atom is -0.396 e. The molecule has 1 aliphatic heterocycles. The summed E-state index contributed by atoms with van der Waals surface area (Å²) in [6.07, 6.45) is 7.10. The summed E-state index contributed by atoms with van der Waals surface area (Å²) in [6, 6.07) is 10.6. The van der Waals surface area contributed by atoms with Crippen LogP contribution in [-0.4, -0.2) is 34.8 Å². The van der Waals surface area contributed by atoms with E-state index >= 15 is 0 Å². The molecule has 4 heteroatoms. The molecule has 1 saturated heterocycles. The minimum absolute atomic E-state index is 0.0156. The van der Waals surface area contributed by atoms with Gasteiger partial charge in [0.15, 0.2) is 0 Å². The van der Waals surface area contributed by atoms with Crippen molar-refractivity contribution in [3.05, 3.63) is 53.5 Å². The summed E-state index contributed by atoms with van der Waals surface area (Å²) in [5.74, 6) is 1.04. The van der Waals surface area contributed by atoms with E-state index in [2.05, 4.69) is 52.1 Å². The third-order valence-electron chi connectivity index (χ3n) is 5.62. The fraction of sp³-hybridized carbons (Fsp3) is 0.524.